The van der Waals surface area contributed by atoms with Gasteiger partial charge in [0.25, 0.3) is 0 Å². The van der Waals surface area contributed by atoms with Crippen LogP contribution in [0.25, 0.3) is 11.2 Å². The molecule has 0 unspecified atom stereocenters. The van der Waals surface area contributed by atoms with E-state index < -0.39 is 0 Å². The molecule has 0 aliphatic carbocycles. The van der Waals surface area contributed by atoms with E-state index in [0.29, 0.717) is 30.1 Å². The molecule has 5 rings (SSSR count). The number of methoxy groups -OCH3 is 1. The molecule has 1 aliphatic rings. The van der Waals surface area contributed by atoms with E-state index >= 15 is 0 Å². The zero-order valence-electron chi connectivity index (χ0n) is 16.3. The Kier molecular flexibility index (Phi) is 4.64. The summed E-state index contributed by atoms with van der Waals surface area (Å²) in [6.07, 6.45) is 6.42. The van der Waals surface area contributed by atoms with Crippen molar-refractivity contribution in [3.63, 3.8) is 0 Å². The zero-order valence-corrected chi connectivity index (χ0v) is 17.1. The number of Topliss-reactive ketones (excluding diaryl/α,β-unsaturated/α-hetero) is 1. The number of nitrogens with zero attached hydrogens (tertiary/aromatic N) is 7. The van der Waals surface area contributed by atoms with Crippen molar-refractivity contribution in [3.8, 4) is 0 Å². The molecule has 150 valence electrons. The summed E-state index contributed by atoms with van der Waals surface area (Å²) in [4.78, 5) is 36.7. The molecule has 0 amide bonds. The molecule has 9 nitrogen and oxygen atoms in total. The summed E-state index contributed by atoms with van der Waals surface area (Å²) in [5, 5.41) is 0.846. The number of ketones is 1. The molecular formula is C20H17N7O2S. The SMILES string of the molecule is COCN1c2cc(Cn3cnc4ncnc(C(C)=O)c43)ccc2Sc2nccnc21. The third-order valence-corrected chi connectivity index (χ3v) is 5.82. The minimum absolute atomic E-state index is 0.118. The number of ether oxygens (including phenoxy) is 1. The van der Waals surface area contributed by atoms with E-state index in [1.807, 2.05) is 9.47 Å². The first-order chi connectivity index (χ1) is 14.7. The van der Waals surface area contributed by atoms with E-state index in [9.17, 15) is 4.79 Å². The van der Waals surface area contributed by atoms with Crippen LogP contribution in [0.4, 0.5) is 11.5 Å². The number of rotatable bonds is 5. The smallest absolute Gasteiger partial charge is 0.181 e. The lowest BCUT2D eigenvalue weighted by atomic mass is 10.1. The Balaban J connectivity index is 1.55. The normalized spacial score (nSPS) is 12.7. The van der Waals surface area contributed by atoms with Crippen LogP contribution in [0.2, 0.25) is 0 Å². The molecule has 0 N–H and O–H groups in total. The third kappa shape index (κ3) is 3.10. The molecule has 0 fully saturated rings. The minimum Gasteiger partial charge on any atom is -0.364 e. The van der Waals surface area contributed by atoms with Crippen LogP contribution in [0.1, 0.15) is 23.0 Å². The molecule has 0 spiro atoms. The van der Waals surface area contributed by atoms with Gasteiger partial charge in [0.05, 0.1) is 12.0 Å². The summed E-state index contributed by atoms with van der Waals surface area (Å²) < 4.78 is 7.32. The van der Waals surface area contributed by atoms with Crippen LogP contribution in [0.15, 0.2) is 53.2 Å². The molecule has 0 saturated carbocycles. The van der Waals surface area contributed by atoms with Crippen LogP contribution in [0.5, 0.6) is 0 Å². The monoisotopic (exact) mass is 419 g/mol. The van der Waals surface area contributed by atoms with Crippen molar-refractivity contribution >= 4 is 40.2 Å². The molecular weight excluding hydrogens is 402 g/mol. The molecule has 4 aromatic rings. The number of hydrogen-bond donors (Lipinski definition) is 0. The summed E-state index contributed by atoms with van der Waals surface area (Å²) in [5.41, 5.74) is 3.56. The van der Waals surface area contributed by atoms with Crippen molar-refractivity contribution in [1.82, 2.24) is 29.5 Å². The lowest BCUT2D eigenvalue weighted by molar-refractivity contribution is 0.101. The highest BCUT2D eigenvalue weighted by Gasteiger charge is 2.26. The highest BCUT2D eigenvalue weighted by Crippen LogP contribution is 2.46. The second-order valence-electron chi connectivity index (χ2n) is 6.76. The molecule has 0 bridgehead atoms. The minimum atomic E-state index is -0.118. The second kappa shape index (κ2) is 7.47. The first-order valence-corrected chi connectivity index (χ1v) is 10.0. The van der Waals surface area contributed by atoms with Gasteiger partial charge in [0.2, 0.25) is 0 Å². The highest BCUT2D eigenvalue weighted by molar-refractivity contribution is 7.99. The molecule has 1 aliphatic heterocycles. The van der Waals surface area contributed by atoms with Crippen LogP contribution in [-0.4, -0.2) is 49.1 Å². The van der Waals surface area contributed by atoms with E-state index in [1.165, 1.54) is 13.3 Å². The fraction of sp³-hybridized carbons (Fsp3) is 0.200. The van der Waals surface area contributed by atoms with Gasteiger partial charge in [0, 0.05) is 37.9 Å². The Bertz CT molecular complexity index is 1270. The number of benzene rings is 1. The number of aromatic nitrogens is 6. The molecule has 3 aromatic heterocycles. The third-order valence-electron chi connectivity index (χ3n) is 4.78. The van der Waals surface area contributed by atoms with Gasteiger partial charge in [-0.15, -0.1) is 0 Å². The molecule has 0 atom stereocenters. The molecule has 4 heterocycles. The van der Waals surface area contributed by atoms with E-state index in [4.69, 9.17) is 4.74 Å². The molecule has 10 heteroatoms. The van der Waals surface area contributed by atoms with Crippen molar-refractivity contribution in [3.05, 3.63) is 54.5 Å². The number of carbonyl (C=O) groups is 1. The number of hydrogen-bond acceptors (Lipinski definition) is 9. The van der Waals surface area contributed by atoms with Crippen molar-refractivity contribution in [2.24, 2.45) is 0 Å². The van der Waals surface area contributed by atoms with Crippen molar-refractivity contribution in [2.75, 3.05) is 18.7 Å². The molecule has 30 heavy (non-hydrogen) atoms. The van der Waals surface area contributed by atoms with Gasteiger partial charge in [-0.3, -0.25) is 9.69 Å². The Morgan fingerprint density at radius 2 is 2.00 bits per heavy atom. The fourth-order valence-electron chi connectivity index (χ4n) is 3.50. The molecule has 0 saturated heterocycles. The first-order valence-electron chi connectivity index (χ1n) is 9.20. The van der Waals surface area contributed by atoms with Gasteiger partial charge >= 0.3 is 0 Å². The van der Waals surface area contributed by atoms with Crippen LogP contribution < -0.4 is 4.90 Å². The lowest BCUT2D eigenvalue weighted by Gasteiger charge is -2.30. The van der Waals surface area contributed by atoms with Gasteiger partial charge < -0.3 is 9.30 Å². The van der Waals surface area contributed by atoms with Gasteiger partial charge in [-0.1, -0.05) is 17.8 Å². The number of imidazole rings is 1. The van der Waals surface area contributed by atoms with Crippen molar-refractivity contribution in [2.45, 2.75) is 23.4 Å². The van der Waals surface area contributed by atoms with Gasteiger partial charge in [-0.25, -0.2) is 24.9 Å². The Morgan fingerprint density at radius 3 is 2.83 bits per heavy atom. The number of anilines is 2. The lowest BCUT2D eigenvalue weighted by Crippen LogP contribution is -2.24. The maximum absolute atomic E-state index is 12.0. The van der Waals surface area contributed by atoms with Gasteiger partial charge in [-0.2, -0.15) is 0 Å². The zero-order chi connectivity index (χ0) is 20.7. The molecule has 0 radical (unpaired) electrons. The standard InChI is InChI=1S/C20H17N7O2S/c1-12(28)16-17-18(24-9-23-16)25-10-26(17)8-13-3-4-15-14(7-13)27(11-29-2)19-20(30-15)22-6-5-21-19/h3-7,9-10H,8,11H2,1-2H3. The number of carbonyl (C=O) groups excluding carboxylic acids is 1. The highest BCUT2D eigenvalue weighted by atomic mass is 32.2. The quantitative estimate of drug-likeness (QED) is 0.452. The largest absolute Gasteiger partial charge is 0.364 e. The predicted octanol–water partition coefficient (Wildman–Crippen LogP) is 3.07. The predicted molar refractivity (Wildman–Crippen MR) is 111 cm³/mol. The van der Waals surface area contributed by atoms with E-state index in [-0.39, 0.29) is 5.78 Å². The van der Waals surface area contributed by atoms with E-state index in [0.717, 1.165) is 27.0 Å². The van der Waals surface area contributed by atoms with Crippen molar-refractivity contribution in [1.29, 1.82) is 0 Å². The van der Waals surface area contributed by atoms with Gasteiger partial charge in [0.1, 0.15) is 29.3 Å². The molecule has 1 aromatic carbocycles. The summed E-state index contributed by atoms with van der Waals surface area (Å²) in [5.74, 6) is 0.654. The van der Waals surface area contributed by atoms with Gasteiger partial charge in [-0.05, 0) is 17.7 Å². The first kappa shape index (κ1) is 18.6. The topological polar surface area (TPSA) is 98.9 Å². The van der Waals surface area contributed by atoms with Crippen molar-refractivity contribution < 1.29 is 9.53 Å². The summed E-state index contributed by atoms with van der Waals surface area (Å²) in [7, 11) is 1.65. The summed E-state index contributed by atoms with van der Waals surface area (Å²) in [6, 6.07) is 6.22. The van der Waals surface area contributed by atoms with E-state index in [1.54, 1.807) is 37.6 Å². The van der Waals surface area contributed by atoms with Crippen LogP contribution in [-0.2, 0) is 11.3 Å². The number of fused-ring (bicyclic) bond motifs is 3. The van der Waals surface area contributed by atoms with Crippen LogP contribution in [0.3, 0.4) is 0 Å². The summed E-state index contributed by atoms with van der Waals surface area (Å²) in [6.45, 7) is 2.38. The summed E-state index contributed by atoms with van der Waals surface area (Å²) >= 11 is 1.58. The second-order valence-corrected chi connectivity index (χ2v) is 7.79. The van der Waals surface area contributed by atoms with Crippen LogP contribution in [0, 0.1) is 0 Å². The van der Waals surface area contributed by atoms with Crippen LogP contribution >= 0.6 is 11.8 Å². The average Bonchev–Trinajstić information content (AvgIpc) is 3.17. The van der Waals surface area contributed by atoms with Gasteiger partial charge in [0.15, 0.2) is 17.2 Å². The maximum Gasteiger partial charge on any atom is 0.181 e. The Hall–Kier alpha value is -3.37. The Labute approximate surface area is 176 Å². The average molecular weight is 419 g/mol. The van der Waals surface area contributed by atoms with E-state index in [2.05, 4.69) is 43.1 Å². The maximum atomic E-state index is 12.0. The Morgan fingerprint density at radius 1 is 1.13 bits per heavy atom. The fourth-order valence-corrected chi connectivity index (χ4v) is 4.48.